The molecule has 172 valence electrons. The fourth-order valence-corrected chi connectivity index (χ4v) is 4.41. The van der Waals surface area contributed by atoms with Gasteiger partial charge in [-0.15, -0.1) is 0 Å². The number of methoxy groups -OCH3 is 2. The number of aryl methyl sites for hydroxylation is 1. The quantitative estimate of drug-likeness (QED) is 0.367. The summed E-state index contributed by atoms with van der Waals surface area (Å²) >= 11 is 0. The van der Waals surface area contributed by atoms with E-state index in [1.54, 1.807) is 49.6 Å². The zero-order chi connectivity index (χ0) is 23.4. The van der Waals surface area contributed by atoms with Crippen LogP contribution in [0.2, 0.25) is 0 Å². The number of allylic oxidation sites excluding steroid dienone is 2. The molecule has 1 aliphatic rings. The lowest BCUT2D eigenvalue weighted by Gasteiger charge is -2.22. The molecule has 3 aromatic carbocycles. The van der Waals surface area contributed by atoms with Crippen LogP contribution in [0.25, 0.3) is 16.7 Å². The third-order valence-corrected chi connectivity index (χ3v) is 6.43. The zero-order valence-corrected chi connectivity index (χ0v) is 18.8. The van der Waals surface area contributed by atoms with Crippen molar-refractivity contribution in [3.05, 3.63) is 89.3 Å². The first kappa shape index (κ1) is 23.0. The maximum atomic E-state index is 14.8. The van der Waals surface area contributed by atoms with E-state index in [9.17, 15) is 13.2 Å². The van der Waals surface area contributed by atoms with Gasteiger partial charge in [-0.1, -0.05) is 36.4 Å². The van der Waals surface area contributed by atoms with Gasteiger partial charge < -0.3 is 9.47 Å². The maximum Gasteiger partial charge on any atom is 0.166 e. The molecule has 1 unspecified atom stereocenters. The second kappa shape index (κ2) is 10.2. The summed E-state index contributed by atoms with van der Waals surface area (Å²) in [5.41, 5.74) is 3.24. The summed E-state index contributed by atoms with van der Waals surface area (Å²) in [5.74, 6) is -0.665. The molecule has 5 heteroatoms. The van der Waals surface area contributed by atoms with Crippen molar-refractivity contribution in [1.82, 2.24) is 0 Å². The highest BCUT2D eigenvalue weighted by Crippen LogP contribution is 2.35. The monoisotopic (exact) mass is 452 g/mol. The molecule has 1 atom stereocenters. The van der Waals surface area contributed by atoms with E-state index in [1.165, 1.54) is 13.2 Å². The maximum absolute atomic E-state index is 14.8. The molecule has 0 amide bonds. The first-order valence-corrected chi connectivity index (χ1v) is 11.1. The van der Waals surface area contributed by atoms with Crippen molar-refractivity contribution in [2.75, 3.05) is 14.2 Å². The normalized spacial score (nSPS) is 15.8. The molecule has 0 aromatic heterocycles. The van der Waals surface area contributed by atoms with Crippen LogP contribution in [-0.2, 0) is 6.42 Å². The van der Waals surface area contributed by atoms with Crippen LogP contribution in [0.15, 0.2) is 60.7 Å². The van der Waals surface area contributed by atoms with Gasteiger partial charge in [-0.25, -0.2) is 13.2 Å². The van der Waals surface area contributed by atoms with E-state index in [0.717, 1.165) is 36.8 Å². The van der Waals surface area contributed by atoms with Crippen molar-refractivity contribution in [1.29, 1.82) is 0 Å². The molecule has 33 heavy (non-hydrogen) atoms. The molecule has 0 radical (unpaired) electrons. The lowest BCUT2D eigenvalue weighted by Crippen LogP contribution is -2.08. The molecule has 0 saturated carbocycles. The van der Waals surface area contributed by atoms with Gasteiger partial charge in [-0.05, 0) is 84.6 Å². The Hall–Kier alpha value is -3.21. The third kappa shape index (κ3) is 5.08. The highest BCUT2D eigenvalue weighted by atomic mass is 19.2. The van der Waals surface area contributed by atoms with Crippen molar-refractivity contribution >= 4 is 5.57 Å². The van der Waals surface area contributed by atoms with Crippen molar-refractivity contribution < 1.29 is 22.6 Å². The zero-order valence-electron chi connectivity index (χ0n) is 18.8. The molecule has 4 rings (SSSR count). The summed E-state index contributed by atoms with van der Waals surface area (Å²) in [4.78, 5) is 0. The summed E-state index contributed by atoms with van der Waals surface area (Å²) in [5, 5.41) is 0. The predicted octanol–water partition coefficient (Wildman–Crippen LogP) is 7.60. The van der Waals surface area contributed by atoms with E-state index in [-0.39, 0.29) is 17.1 Å². The van der Waals surface area contributed by atoms with Crippen LogP contribution < -0.4 is 9.47 Å². The fourth-order valence-electron chi connectivity index (χ4n) is 4.41. The minimum atomic E-state index is -0.815. The van der Waals surface area contributed by atoms with Gasteiger partial charge in [-0.3, -0.25) is 0 Å². The molecule has 2 nitrogen and oxygen atoms in total. The lowest BCUT2D eigenvalue weighted by atomic mass is 9.83. The molecule has 0 bridgehead atoms. The Kier molecular flexibility index (Phi) is 7.07. The minimum absolute atomic E-state index is 0.236. The van der Waals surface area contributed by atoms with Gasteiger partial charge in [0.05, 0.1) is 14.2 Å². The Morgan fingerprint density at radius 1 is 0.848 bits per heavy atom. The number of hydrogen-bond donors (Lipinski definition) is 0. The Labute approximate surface area is 192 Å². The van der Waals surface area contributed by atoms with Crippen molar-refractivity contribution in [2.45, 2.75) is 32.1 Å². The van der Waals surface area contributed by atoms with E-state index in [4.69, 9.17) is 9.47 Å². The Bertz CT molecular complexity index is 1150. The number of ether oxygens (including phenoxy) is 2. The smallest absolute Gasteiger partial charge is 0.166 e. The summed E-state index contributed by atoms with van der Waals surface area (Å²) in [6.07, 6.45) is 6.02. The van der Waals surface area contributed by atoms with Crippen LogP contribution in [0.4, 0.5) is 13.2 Å². The van der Waals surface area contributed by atoms with Crippen LogP contribution >= 0.6 is 0 Å². The molecule has 0 spiro atoms. The van der Waals surface area contributed by atoms with Crippen molar-refractivity contribution in [3.8, 4) is 22.6 Å². The summed E-state index contributed by atoms with van der Waals surface area (Å²) in [6, 6.07) is 15.2. The van der Waals surface area contributed by atoms with Gasteiger partial charge in [-0.2, -0.15) is 0 Å². The molecular weight excluding hydrogens is 425 g/mol. The number of halogens is 3. The summed E-state index contributed by atoms with van der Waals surface area (Å²) in [7, 11) is 3.01. The Morgan fingerprint density at radius 2 is 1.61 bits per heavy atom. The van der Waals surface area contributed by atoms with Gasteiger partial charge in [0.25, 0.3) is 0 Å². The van der Waals surface area contributed by atoms with E-state index in [0.29, 0.717) is 29.2 Å². The van der Waals surface area contributed by atoms with Crippen LogP contribution in [0.1, 0.15) is 36.8 Å². The molecular formula is C28H27F3O2. The van der Waals surface area contributed by atoms with Crippen molar-refractivity contribution in [3.63, 3.8) is 0 Å². The van der Waals surface area contributed by atoms with Gasteiger partial charge in [0.15, 0.2) is 23.2 Å². The molecule has 0 aliphatic heterocycles. The van der Waals surface area contributed by atoms with E-state index in [1.807, 2.05) is 6.07 Å². The SMILES string of the molecule is COc1ccc(-c2ccc(CCC3CC=C(c4ccc(OC)c(F)c4)CC3)c(F)c2F)cc1. The predicted molar refractivity (Wildman–Crippen MR) is 125 cm³/mol. The summed E-state index contributed by atoms with van der Waals surface area (Å²) < 4.78 is 53.6. The average molecular weight is 453 g/mol. The highest BCUT2D eigenvalue weighted by molar-refractivity contribution is 5.67. The van der Waals surface area contributed by atoms with Crippen LogP contribution in [0.5, 0.6) is 11.5 Å². The largest absolute Gasteiger partial charge is 0.497 e. The number of rotatable bonds is 7. The Balaban J connectivity index is 1.39. The van der Waals surface area contributed by atoms with Gasteiger partial charge in [0, 0.05) is 5.56 Å². The molecule has 3 aromatic rings. The number of hydrogen-bond acceptors (Lipinski definition) is 2. The number of benzene rings is 3. The molecule has 0 heterocycles. The topological polar surface area (TPSA) is 18.5 Å². The molecule has 0 saturated heterocycles. The fraction of sp³-hybridized carbons (Fsp3) is 0.286. The highest BCUT2D eigenvalue weighted by Gasteiger charge is 2.19. The second-order valence-electron chi connectivity index (χ2n) is 8.39. The van der Waals surface area contributed by atoms with Gasteiger partial charge in [0.1, 0.15) is 5.75 Å². The third-order valence-electron chi connectivity index (χ3n) is 6.43. The van der Waals surface area contributed by atoms with E-state index in [2.05, 4.69) is 6.08 Å². The molecule has 0 N–H and O–H groups in total. The van der Waals surface area contributed by atoms with Gasteiger partial charge >= 0.3 is 0 Å². The molecule has 0 fully saturated rings. The Morgan fingerprint density at radius 3 is 2.24 bits per heavy atom. The standard InChI is InChI=1S/C28H27F3O2/c1-32-23-13-9-20(10-14-23)24-15-11-21(27(30)28(24)31)8-5-18-3-6-19(7-4-18)22-12-16-26(33-2)25(29)17-22/h6,9-18H,3-5,7-8H2,1-2H3. The lowest BCUT2D eigenvalue weighted by molar-refractivity contribution is 0.386. The van der Waals surface area contributed by atoms with Crippen LogP contribution in [0.3, 0.4) is 0 Å². The summed E-state index contributed by atoms with van der Waals surface area (Å²) in [6.45, 7) is 0. The van der Waals surface area contributed by atoms with Crippen LogP contribution in [-0.4, -0.2) is 14.2 Å². The first-order valence-electron chi connectivity index (χ1n) is 11.1. The average Bonchev–Trinajstić information content (AvgIpc) is 2.85. The van der Waals surface area contributed by atoms with E-state index < -0.39 is 11.6 Å². The van der Waals surface area contributed by atoms with Crippen LogP contribution in [0, 0.1) is 23.4 Å². The minimum Gasteiger partial charge on any atom is -0.497 e. The van der Waals surface area contributed by atoms with E-state index >= 15 is 0 Å². The second-order valence-corrected chi connectivity index (χ2v) is 8.39. The molecule has 1 aliphatic carbocycles. The first-order chi connectivity index (χ1) is 16.0. The van der Waals surface area contributed by atoms with Gasteiger partial charge in [0.2, 0.25) is 0 Å². The van der Waals surface area contributed by atoms with Crippen molar-refractivity contribution in [2.24, 2.45) is 5.92 Å².